The molecule has 1 N–H and O–H groups in total. The summed E-state index contributed by atoms with van der Waals surface area (Å²) in [7, 11) is 4.54. The van der Waals surface area contributed by atoms with Crippen molar-refractivity contribution in [2.24, 2.45) is 5.92 Å². The van der Waals surface area contributed by atoms with Crippen LogP contribution in [0.1, 0.15) is 50.9 Å². The number of benzene rings is 2. The minimum Gasteiger partial charge on any atom is -0.493 e. The predicted octanol–water partition coefficient (Wildman–Crippen LogP) is 6.53. The third-order valence-corrected chi connectivity index (χ3v) is 8.37. The van der Waals surface area contributed by atoms with Gasteiger partial charge in [0.2, 0.25) is 0 Å². The predicted molar refractivity (Wildman–Crippen MR) is 150 cm³/mol. The van der Waals surface area contributed by atoms with E-state index in [2.05, 4.69) is 12.2 Å². The van der Waals surface area contributed by atoms with Gasteiger partial charge in [-0.1, -0.05) is 31.5 Å². The number of pyridine rings is 1. The Hall–Kier alpha value is -3.91. The summed E-state index contributed by atoms with van der Waals surface area (Å²) >= 11 is 1.48. The zero-order valence-electron chi connectivity index (χ0n) is 21.9. The number of para-hydroxylation sites is 1. The van der Waals surface area contributed by atoms with Crippen LogP contribution in [0.3, 0.4) is 0 Å². The topological polar surface area (TPSA) is 86.8 Å². The first kappa shape index (κ1) is 25.7. The number of rotatable bonds is 7. The number of hydrogen-bond donors (Lipinski definition) is 1. The van der Waals surface area contributed by atoms with Gasteiger partial charge in [-0.3, -0.25) is 4.79 Å². The number of nitrogens with one attached hydrogen (secondary N) is 1. The van der Waals surface area contributed by atoms with Crippen molar-refractivity contribution in [3.05, 3.63) is 70.1 Å². The highest BCUT2D eigenvalue weighted by atomic mass is 32.1. The van der Waals surface area contributed by atoms with Gasteiger partial charge in [-0.25, -0.2) is 9.78 Å². The number of methoxy groups -OCH3 is 3. The van der Waals surface area contributed by atoms with Gasteiger partial charge in [-0.15, -0.1) is 11.3 Å². The Balaban J connectivity index is 1.57. The average Bonchev–Trinajstić information content (AvgIpc) is 3.32. The fourth-order valence-corrected chi connectivity index (χ4v) is 6.43. The van der Waals surface area contributed by atoms with E-state index in [4.69, 9.17) is 19.2 Å². The molecule has 5 rings (SSSR count). The lowest BCUT2D eigenvalue weighted by molar-refractivity contribution is 0.0600. The lowest BCUT2D eigenvalue weighted by Crippen LogP contribution is -2.17. The second-order valence-electron chi connectivity index (χ2n) is 9.31. The molecule has 2 aromatic heterocycles. The highest BCUT2D eigenvalue weighted by molar-refractivity contribution is 7.17. The molecule has 2 aromatic carbocycles. The maximum Gasteiger partial charge on any atom is 0.341 e. The SMILES string of the molecule is CCC1CCc2c(sc(NC(=O)c3cc(-c4ccc(OC)c(OC)c4)nc4ccccc34)c2C(=O)OC)C1. The molecule has 0 bridgehead atoms. The molecule has 1 unspecified atom stereocenters. The van der Waals surface area contributed by atoms with E-state index in [0.29, 0.717) is 44.8 Å². The summed E-state index contributed by atoms with van der Waals surface area (Å²) in [4.78, 5) is 32.6. The number of fused-ring (bicyclic) bond motifs is 2. The Labute approximate surface area is 225 Å². The van der Waals surface area contributed by atoms with E-state index < -0.39 is 5.97 Å². The van der Waals surface area contributed by atoms with Gasteiger partial charge >= 0.3 is 5.97 Å². The van der Waals surface area contributed by atoms with E-state index in [1.807, 2.05) is 42.5 Å². The quantitative estimate of drug-likeness (QED) is 0.273. The van der Waals surface area contributed by atoms with E-state index >= 15 is 0 Å². The van der Waals surface area contributed by atoms with Crippen molar-refractivity contribution in [3.8, 4) is 22.8 Å². The number of hydrogen-bond acceptors (Lipinski definition) is 7. The molecule has 7 nitrogen and oxygen atoms in total. The minimum absolute atomic E-state index is 0.305. The van der Waals surface area contributed by atoms with Gasteiger partial charge in [0.15, 0.2) is 11.5 Å². The molecule has 1 aliphatic carbocycles. The number of nitrogens with zero attached hydrogens (tertiary/aromatic N) is 1. The third-order valence-electron chi connectivity index (χ3n) is 7.20. The fraction of sp³-hybridized carbons (Fsp3) is 0.300. The van der Waals surface area contributed by atoms with Gasteiger partial charge in [-0.05, 0) is 61.1 Å². The fourth-order valence-electron chi connectivity index (χ4n) is 5.09. The summed E-state index contributed by atoms with van der Waals surface area (Å²) in [5.41, 5.74) is 4.05. The van der Waals surface area contributed by atoms with Crippen LogP contribution in [0.2, 0.25) is 0 Å². The molecule has 8 heteroatoms. The number of carbonyl (C=O) groups is 2. The first-order valence-electron chi connectivity index (χ1n) is 12.6. The summed E-state index contributed by atoms with van der Waals surface area (Å²) in [6.07, 6.45) is 3.85. The Kier molecular flexibility index (Phi) is 7.33. The number of carbonyl (C=O) groups excluding carboxylic acids is 2. The van der Waals surface area contributed by atoms with E-state index in [9.17, 15) is 9.59 Å². The molecular weight excluding hydrogens is 500 g/mol. The number of ether oxygens (including phenoxy) is 3. The number of amides is 1. The van der Waals surface area contributed by atoms with E-state index in [0.717, 1.165) is 47.1 Å². The molecule has 4 aromatic rings. The van der Waals surface area contributed by atoms with Crippen molar-refractivity contribution in [2.75, 3.05) is 26.6 Å². The number of thiophene rings is 1. The Morgan fingerprint density at radius 1 is 1.05 bits per heavy atom. The van der Waals surface area contributed by atoms with E-state index in [1.165, 1.54) is 18.4 Å². The van der Waals surface area contributed by atoms with Crippen LogP contribution in [0.4, 0.5) is 5.00 Å². The summed E-state index contributed by atoms with van der Waals surface area (Å²) in [5, 5.41) is 4.31. The van der Waals surface area contributed by atoms with Crippen LogP contribution in [0.25, 0.3) is 22.2 Å². The Morgan fingerprint density at radius 3 is 2.58 bits per heavy atom. The molecule has 1 amide bonds. The largest absolute Gasteiger partial charge is 0.493 e. The Bertz CT molecular complexity index is 1530. The summed E-state index contributed by atoms with van der Waals surface area (Å²) in [6.45, 7) is 2.19. The molecule has 2 heterocycles. The third kappa shape index (κ3) is 4.72. The second-order valence-corrected chi connectivity index (χ2v) is 10.4. The summed E-state index contributed by atoms with van der Waals surface area (Å²) < 4.78 is 16.0. The van der Waals surface area contributed by atoms with Crippen LogP contribution in [0.15, 0.2) is 48.5 Å². The molecule has 0 aliphatic heterocycles. The van der Waals surface area contributed by atoms with Crippen LogP contribution >= 0.6 is 11.3 Å². The summed E-state index contributed by atoms with van der Waals surface area (Å²) in [6, 6.07) is 14.8. The molecule has 1 atom stereocenters. The van der Waals surface area contributed by atoms with Crippen molar-refractivity contribution < 1.29 is 23.8 Å². The standard InChI is InChI=1S/C30H30N2O5S/c1-5-17-10-12-20-26(14-17)38-29(27(20)30(34)37-4)32-28(33)21-16-23(31-22-9-7-6-8-19(21)22)18-11-13-24(35-2)25(15-18)36-3/h6-9,11,13,15-17H,5,10,12,14H2,1-4H3,(H,32,33). The summed E-state index contributed by atoms with van der Waals surface area (Å²) in [5.74, 6) is 1.04. The first-order valence-corrected chi connectivity index (χ1v) is 13.4. The molecule has 0 saturated carbocycles. The van der Waals surface area contributed by atoms with Crippen LogP contribution in [-0.4, -0.2) is 38.2 Å². The average molecular weight is 531 g/mol. The highest BCUT2D eigenvalue weighted by Gasteiger charge is 2.30. The first-order chi connectivity index (χ1) is 18.5. The van der Waals surface area contributed by atoms with Crippen molar-refractivity contribution in [1.29, 1.82) is 0 Å². The Morgan fingerprint density at radius 2 is 1.84 bits per heavy atom. The lowest BCUT2D eigenvalue weighted by Gasteiger charge is -2.20. The van der Waals surface area contributed by atoms with Gasteiger partial charge in [0, 0.05) is 15.8 Å². The molecule has 0 saturated heterocycles. The van der Waals surface area contributed by atoms with Crippen molar-refractivity contribution >= 4 is 39.1 Å². The normalized spacial score (nSPS) is 14.6. The van der Waals surface area contributed by atoms with Crippen molar-refractivity contribution in [2.45, 2.75) is 32.6 Å². The monoisotopic (exact) mass is 530 g/mol. The maximum atomic E-state index is 13.8. The van der Waals surface area contributed by atoms with Crippen LogP contribution < -0.4 is 14.8 Å². The van der Waals surface area contributed by atoms with Crippen LogP contribution in [-0.2, 0) is 17.6 Å². The molecule has 196 valence electrons. The molecule has 0 spiro atoms. The smallest absolute Gasteiger partial charge is 0.341 e. The van der Waals surface area contributed by atoms with Gasteiger partial charge in [0.05, 0.1) is 43.7 Å². The van der Waals surface area contributed by atoms with Crippen molar-refractivity contribution in [3.63, 3.8) is 0 Å². The zero-order chi connectivity index (χ0) is 26.8. The number of anilines is 1. The minimum atomic E-state index is -0.418. The molecule has 0 fully saturated rings. The number of esters is 1. The second kappa shape index (κ2) is 10.8. The molecular formula is C30H30N2O5S. The zero-order valence-corrected chi connectivity index (χ0v) is 22.7. The van der Waals surface area contributed by atoms with Gasteiger partial charge in [-0.2, -0.15) is 0 Å². The van der Waals surface area contributed by atoms with Crippen molar-refractivity contribution in [1.82, 2.24) is 4.98 Å². The van der Waals surface area contributed by atoms with Crippen LogP contribution in [0.5, 0.6) is 11.5 Å². The highest BCUT2D eigenvalue weighted by Crippen LogP contribution is 2.41. The van der Waals surface area contributed by atoms with Gasteiger partial charge in [0.1, 0.15) is 5.00 Å². The number of aromatic nitrogens is 1. The lowest BCUT2D eigenvalue weighted by atomic mass is 9.85. The van der Waals surface area contributed by atoms with Gasteiger partial charge in [0.25, 0.3) is 5.91 Å². The van der Waals surface area contributed by atoms with E-state index in [-0.39, 0.29) is 5.91 Å². The maximum absolute atomic E-state index is 13.8. The molecule has 0 radical (unpaired) electrons. The van der Waals surface area contributed by atoms with Crippen LogP contribution in [0, 0.1) is 5.92 Å². The molecule has 38 heavy (non-hydrogen) atoms. The molecule has 1 aliphatic rings. The van der Waals surface area contributed by atoms with Gasteiger partial charge < -0.3 is 19.5 Å². The van der Waals surface area contributed by atoms with E-state index in [1.54, 1.807) is 20.3 Å².